The lowest BCUT2D eigenvalue weighted by Crippen LogP contribution is -2.45. The van der Waals surface area contributed by atoms with E-state index >= 15 is 0 Å². The number of thiophene rings is 1. The summed E-state index contributed by atoms with van der Waals surface area (Å²) in [5.41, 5.74) is 0. The molecule has 1 aliphatic rings. The van der Waals surface area contributed by atoms with Gasteiger partial charge in [-0.3, -0.25) is 0 Å². The molecule has 1 aliphatic carbocycles. The maximum Gasteiger partial charge on any atom is 0.00896 e. The highest BCUT2D eigenvalue weighted by atomic mass is 32.1. The molecule has 1 nitrogen and oxygen atoms in total. The Hall–Kier alpha value is -0.340. The number of hydrogen-bond acceptors (Lipinski definition) is 2. The number of hydrogen-bond donors (Lipinski definition) is 1. The summed E-state index contributed by atoms with van der Waals surface area (Å²) in [6.07, 6.45) is 3.92. The molecule has 1 fully saturated rings. The number of nitrogens with one attached hydrogen (secondary N) is 1. The third kappa shape index (κ3) is 3.05. The van der Waals surface area contributed by atoms with E-state index in [2.05, 4.69) is 38.2 Å². The molecule has 1 aromatic rings. The van der Waals surface area contributed by atoms with Crippen LogP contribution in [0.5, 0.6) is 0 Å². The molecule has 1 atom stereocenters. The van der Waals surface area contributed by atoms with Crippen molar-refractivity contribution in [2.24, 2.45) is 5.92 Å². The van der Waals surface area contributed by atoms with Crippen LogP contribution in [0.3, 0.4) is 0 Å². The molecule has 15 heavy (non-hydrogen) atoms. The average molecular weight is 223 g/mol. The van der Waals surface area contributed by atoms with Crippen LogP contribution < -0.4 is 5.32 Å². The molecule has 2 heteroatoms. The maximum atomic E-state index is 3.71. The smallest absolute Gasteiger partial charge is 0.00896 e. The van der Waals surface area contributed by atoms with E-state index in [1.807, 2.05) is 11.3 Å². The van der Waals surface area contributed by atoms with Crippen LogP contribution in [-0.2, 0) is 6.42 Å². The Morgan fingerprint density at radius 3 is 2.73 bits per heavy atom. The van der Waals surface area contributed by atoms with E-state index < -0.39 is 0 Å². The fraction of sp³-hybridized carbons (Fsp3) is 0.692. The van der Waals surface area contributed by atoms with E-state index in [1.54, 1.807) is 0 Å². The Morgan fingerprint density at radius 1 is 1.47 bits per heavy atom. The fourth-order valence-electron chi connectivity index (χ4n) is 2.40. The average Bonchev–Trinajstić information content (AvgIpc) is 2.48. The summed E-state index contributed by atoms with van der Waals surface area (Å²) >= 11 is 1.93. The lowest BCUT2D eigenvalue weighted by Gasteiger charge is -2.35. The van der Waals surface area contributed by atoms with E-state index in [9.17, 15) is 0 Å². The van der Waals surface area contributed by atoms with Crippen LogP contribution in [0.2, 0.25) is 0 Å². The van der Waals surface area contributed by atoms with E-state index in [0.717, 1.165) is 12.0 Å². The zero-order chi connectivity index (χ0) is 10.8. The SMILES string of the molecule is Cc1ccc(CC(C)NC2CC(C)C2)s1. The van der Waals surface area contributed by atoms with Crippen molar-refractivity contribution in [1.82, 2.24) is 5.32 Å². The molecule has 0 bridgehead atoms. The van der Waals surface area contributed by atoms with Gasteiger partial charge in [-0.25, -0.2) is 0 Å². The lowest BCUT2D eigenvalue weighted by molar-refractivity contribution is 0.225. The molecule has 1 aromatic heterocycles. The Kier molecular flexibility index (Phi) is 3.47. The Labute approximate surface area is 96.9 Å². The summed E-state index contributed by atoms with van der Waals surface area (Å²) in [5.74, 6) is 0.943. The molecule has 84 valence electrons. The maximum absolute atomic E-state index is 3.71. The monoisotopic (exact) mass is 223 g/mol. The van der Waals surface area contributed by atoms with Gasteiger partial charge in [0.2, 0.25) is 0 Å². The van der Waals surface area contributed by atoms with Gasteiger partial charge in [0.1, 0.15) is 0 Å². The minimum absolute atomic E-state index is 0.626. The Bertz CT molecular complexity index is 312. The molecular formula is C13H21NS. The molecule has 0 aliphatic heterocycles. The predicted molar refractivity (Wildman–Crippen MR) is 67.5 cm³/mol. The molecule has 0 amide bonds. The first kappa shape index (κ1) is 11.2. The van der Waals surface area contributed by atoms with Crippen molar-refractivity contribution in [2.75, 3.05) is 0 Å². The molecule has 0 radical (unpaired) electrons. The predicted octanol–water partition coefficient (Wildman–Crippen LogP) is 3.38. The minimum atomic E-state index is 0.626. The van der Waals surface area contributed by atoms with Crippen LogP contribution in [0.25, 0.3) is 0 Å². The Balaban J connectivity index is 1.75. The molecule has 2 rings (SSSR count). The summed E-state index contributed by atoms with van der Waals surface area (Å²) in [5, 5.41) is 3.71. The van der Waals surface area contributed by atoms with Gasteiger partial charge in [0.25, 0.3) is 0 Å². The molecule has 1 N–H and O–H groups in total. The summed E-state index contributed by atoms with van der Waals surface area (Å²) in [7, 11) is 0. The van der Waals surface area contributed by atoms with Gasteiger partial charge in [-0.1, -0.05) is 6.92 Å². The minimum Gasteiger partial charge on any atom is -0.311 e. The van der Waals surface area contributed by atoms with Crippen molar-refractivity contribution in [1.29, 1.82) is 0 Å². The van der Waals surface area contributed by atoms with Crippen molar-refractivity contribution in [3.63, 3.8) is 0 Å². The van der Waals surface area contributed by atoms with Gasteiger partial charge in [0.05, 0.1) is 0 Å². The molecule has 0 saturated heterocycles. The van der Waals surface area contributed by atoms with Gasteiger partial charge >= 0.3 is 0 Å². The van der Waals surface area contributed by atoms with Crippen LogP contribution in [0.4, 0.5) is 0 Å². The first-order valence-electron chi connectivity index (χ1n) is 5.95. The van der Waals surface area contributed by atoms with Gasteiger partial charge in [-0.2, -0.15) is 0 Å². The number of rotatable bonds is 4. The second-order valence-electron chi connectivity index (χ2n) is 5.06. The largest absolute Gasteiger partial charge is 0.311 e. The molecular weight excluding hydrogens is 202 g/mol. The summed E-state index contributed by atoms with van der Waals surface area (Å²) in [4.78, 5) is 2.94. The third-order valence-electron chi connectivity index (χ3n) is 3.20. The molecule has 0 aromatic carbocycles. The van der Waals surface area contributed by atoms with Gasteiger partial charge in [0.15, 0.2) is 0 Å². The standard InChI is InChI=1S/C13H21NS/c1-9-6-12(7-9)14-10(2)8-13-5-4-11(3)15-13/h4-5,9-10,12,14H,6-8H2,1-3H3. The van der Waals surface area contributed by atoms with E-state index in [0.29, 0.717) is 6.04 Å². The molecule has 1 saturated carbocycles. The summed E-state index contributed by atoms with van der Waals surface area (Å²) in [6, 6.07) is 5.90. The van der Waals surface area contributed by atoms with E-state index in [4.69, 9.17) is 0 Å². The second kappa shape index (κ2) is 4.67. The van der Waals surface area contributed by atoms with E-state index in [1.165, 1.54) is 29.0 Å². The van der Waals surface area contributed by atoms with Gasteiger partial charge in [-0.15, -0.1) is 11.3 Å². The second-order valence-corrected chi connectivity index (χ2v) is 6.43. The van der Waals surface area contributed by atoms with Crippen molar-refractivity contribution in [3.05, 3.63) is 21.9 Å². The zero-order valence-corrected chi connectivity index (χ0v) is 10.7. The number of aryl methyl sites for hydroxylation is 1. The zero-order valence-electron chi connectivity index (χ0n) is 9.92. The highest BCUT2D eigenvalue weighted by Crippen LogP contribution is 2.27. The topological polar surface area (TPSA) is 12.0 Å². The highest BCUT2D eigenvalue weighted by molar-refractivity contribution is 7.11. The molecule has 1 unspecified atom stereocenters. The van der Waals surface area contributed by atoms with Crippen LogP contribution in [0, 0.1) is 12.8 Å². The normalized spacial score (nSPS) is 27.4. The van der Waals surface area contributed by atoms with Crippen LogP contribution >= 0.6 is 11.3 Å². The lowest BCUT2D eigenvalue weighted by atomic mass is 9.81. The van der Waals surface area contributed by atoms with Crippen molar-refractivity contribution in [2.45, 2.75) is 52.1 Å². The van der Waals surface area contributed by atoms with Gasteiger partial charge < -0.3 is 5.32 Å². The van der Waals surface area contributed by atoms with Crippen LogP contribution in [0.15, 0.2) is 12.1 Å². The van der Waals surface area contributed by atoms with Gasteiger partial charge in [-0.05, 0) is 51.2 Å². The van der Waals surface area contributed by atoms with Crippen molar-refractivity contribution < 1.29 is 0 Å². The van der Waals surface area contributed by atoms with Crippen molar-refractivity contribution >= 4 is 11.3 Å². The Morgan fingerprint density at radius 2 is 2.20 bits per heavy atom. The quantitative estimate of drug-likeness (QED) is 0.825. The van der Waals surface area contributed by atoms with Gasteiger partial charge in [0, 0.05) is 21.8 Å². The summed E-state index contributed by atoms with van der Waals surface area (Å²) in [6.45, 7) is 6.82. The van der Waals surface area contributed by atoms with Crippen molar-refractivity contribution in [3.8, 4) is 0 Å². The molecule has 0 spiro atoms. The first-order chi connectivity index (χ1) is 7.13. The highest BCUT2D eigenvalue weighted by Gasteiger charge is 2.25. The fourth-order valence-corrected chi connectivity index (χ4v) is 3.42. The molecule has 1 heterocycles. The summed E-state index contributed by atoms with van der Waals surface area (Å²) < 4.78 is 0. The van der Waals surface area contributed by atoms with Crippen LogP contribution in [-0.4, -0.2) is 12.1 Å². The van der Waals surface area contributed by atoms with E-state index in [-0.39, 0.29) is 0 Å². The van der Waals surface area contributed by atoms with Crippen LogP contribution in [0.1, 0.15) is 36.4 Å². The first-order valence-corrected chi connectivity index (χ1v) is 6.76. The third-order valence-corrected chi connectivity index (χ3v) is 4.22.